The van der Waals surface area contributed by atoms with Crippen LogP contribution in [-0.2, 0) is 6.61 Å². The second-order valence-electron chi connectivity index (χ2n) is 6.72. The maximum absolute atomic E-state index is 12.6. The molecule has 1 amide bonds. The summed E-state index contributed by atoms with van der Waals surface area (Å²) in [5.41, 5.74) is 0.771. The van der Waals surface area contributed by atoms with E-state index < -0.39 is 0 Å². The average molecular weight is 327 g/mol. The molecule has 128 valence electrons. The van der Waals surface area contributed by atoms with E-state index in [1.54, 1.807) is 12.3 Å². The van der Waals surface area contributed by atoms with Crippen LogP contribution in [0.1, 0.15) is 49.2 Å². The van der Waals surface area contributed by atoms with Gasteiger partial charge in [-0.3, -0.25) is 4.79 Å². The fourth-order valence-corrected chi connectivity index (χ4v) is 3.35. The number of para-hydroxylation sites is 1. The van der Waals surface area contributed by atoms with Gasteiger partial charge in [0.1, 0.15) is 12.4 Å². The van der Waals surface area contributed by atoms with Crippen molar-refractivity contribution >= 4 is 5.91 Å². The molecule has 1 aliphatic carbocycles. The molecule has 0 aliphatic heterocycles. The molecule has 0 spiro atoms. The van der Waals surface area contributed by atoms with Gasteiger partial charge in [0, 0.05) is 11.6 Å². The van der Waals surface area contributed by atoms with Gasteiger partial charge in [0.05, 0.1) is 6.26 Å². The van der Waals surface area contributed by atoms with E-state index in [0.717, 1.165) is 17.7 Å². The fraction of sp³-hybridized carbons (Fsp3) is 0.450. The number of rotatable bonds is 5. The first-order chi connectivity index (χ1) is 11.6. The molecule has 1 heterocycles. The van der Waals surface area contributed by atoms with Crippen molar-refractivity contribution < 1.29 is 13.9 Å². The summed E-state index contributed by atoms with van der Waals surface area (Å²) in [6.45, 7) is 4.80. The number of carbonyl (C=O) groups is 1. The molecule has 1 aromatic heterocycles. The Morgan fingerprint density at radius 3 is 2.79 bits per heavy atom. The first-order valence-corrected chi connectivity index (χ1v) is 8.70. The summed E-state index contributed by atoms with van der Waals surface area (Å²) >= 11 is 0. The molecule has 1 aromatic carbocycles. The molecule has 3 atom stereocenters. The molecule has 0 radical (unpaired) electrons. The first kappa shape index (κ1) is 16.6. The number of amides is 1. The van der Waals surface area contributed by atoms with Crippen molar-refractivity contribution in [2.45, 2.75) is 45.8 Å². The van der Waals surface area contributed by atoms with Crippen LogP contribution in [0.2, 0.25) is 0 Å². The predicted octanol–water partition coefficient (Wildman–Crippen LogP) is 4.41. The lowest BCUT2D eigenvalue weighted by Crippen LogP contribution is -2.43. The second kappa shape index (κ2) is 7.56. The van der Waals surface area contributed by atoms with Crippen LogP contribution in [0.3, 0.4) is 0 Å². The second-order valence-corrected chi connectivity index (χ2v) is 6.72. The van der Waals surface area contributed by atoms with Crippen molar-refractivity contribution in [1.82, 2.24) is 5.32 Å². The molecular formula is C20H25NO3. The molecule has 1 aliphatic rings. The van der Waals surface area contributed by atoms with Crippen LogP contribution in [0.4, 0.5) is 0 Å². The number of furan rings is 1. The molecule has 2 aromatic rings. The zero-order valence-corrected chi connectivity index (χ0v) is 14.3. The van der Waals surface area contributed by atoms with Crippen LogP contribution in [0.5, 0.6) is 5.75 Å². The van der Waals surface area contributed by atoms with Gasteiger partial charge in [0.25, 0.3) is 5.91 Å². The summed E-state index contributed by atoms with van der Waals surface area (Å²) < 4.78 is 11.2. The summed E-state index contributed by atoms with van der Waals surface area (Å²) in [4.78, 5) is 12.6. The third-order valence-electron chi connectivity index (χ3n) is 5.11. The standard InChI is InChI=1S/C20H25NO3/c1-14-7-6-10-18(15(14)2)21-20(22)19-16(11-12-23-19)13-24-17-8-4-3-5-9-17/h3-5,8-9,11-12,14-15,18H,6-7,10,13H2,1-2H3,(H,21,22). The minimum absolute atomic E-state index is 0.141. The van der Waals surface area contributed by atoms with Gasteiger partial charge in [-0.2, -0.15) is 0 Å². The Kier molecular flexibility index (Phi) is 5.24. The molecule has 0 saturated heterocycles. The number of ether oxygens (including phenoxy) is 1. The van der Waals surface area contributed by atoms with Crippen LogP contribution in [-0.4, -0.2) is 11.9 Å². The monoisotopic (exact) mass is 327 g/mol. The fourth-order valence-electron chi connectivity index (χ4n) is 3.35. The van der Waals surface area contributed by atoms with Crippen molar-refractivity contribution in [3.8, 4) is 5.75 Å². The van der Waals surface area contributed by atoms with Crippen LogP contribution in [0.25, 0.3) is 0 Å². The molecule has 0 bridgehead atoms. The number of hydrogen-bond donors (Lipinski definition) is 1. The van der Waals surface area contributed by atoms with Crippen LogP contribution in [0.15, 0.2) is 47.1 Å². The quantitative estimate of drug-likeness (QED) is 0.885. The van der Waals surface area contributed by atoms with Crippen LogP contribution >= 0.6 is 0 Å². The summed E-state index contributed by atoms with van der Waals surface area (Å²) in [6, 6.07) is 11.6. The first-order valence-electron chi connectivity index (χ1n) is 8.70. The van der Waals surface area contributed by atoms with Gasteiger partial charge >= 0.3 is 0 Å². The van der Waals surface area contributed by atoms with Gasteiger partial charge in [-0.25, -0.2) is 0 Å². The lowest BCUT2D eigenvalue weighted by atomic mass is 9.78. The molecule has 1 fully saturated rings. The Bertz CT molecular complexity index is 665. The van der Waals surface area contributed by atoms with E-state index in [1.165, 1.54) is 12.8 Å². The normalized spacial score (nSPS) is 23.7. The van der Waals surface area contributed by atoms with E-state index in [-0.39, 0.29) is 11.9 Å². The highest BCUT2D eigenvalue weighted by atomic mass is 16.5. The van der Waals surface area contributed by atoms with Gasteiger partial charge in [-0.15, -0.1) is 0 Å². The molecule has 24 heavy (non-hydrogen) atoms. The Morgan fingerprint density at radius 2 is 2.00 bits per heavy atom. The van der Waals surface area contributed by atoms with Gasteiger partial charge in [-0.05, 0) is 36.5 Å². The Labute approximate surface area is 143 Å². The largest absolute Gasteiger partial charge is 0.489 e. The molecule has 1 saturated carbocycles. The van der Waals surface area contributed by atoms with Gasteiger partial charge in [0.2, 0.25) is 0 Å². The molecule has 4 nitrogen and oxygen atoms in total. The van der Waals surface area contributed by atoms with Gasteiger partial charge in [0.15, 0.2) is 5.76 Å². The van der Waals surface area contributed by atoms with E-state index in [2.05, 4.69) is 19.2 Å². The highest BCUT2D eigenvalue weighted by Crippen LogP contribution is 2.29. The van der Waals surface area contributed by atoms with Crippen molar-refractivity contribution in [3.05, 3.63) is 54.0 Å². The van der Waals surface area contributed by atoms with E-state index >= 15 is 0 Å². The van der Waals surface area contributed by atoms with Crippen molar-refractivity contribution in [1.29, 1.82) is 0 Å². The minimum atomic E-state index is -0.141. The summed E-state index contributed by atoms with van der Waals surface area (Å²) in [5, 5.41) is 3.15. The highest BCUT2D eigenvalue weighted by Gasteiger charge is 2.29. The van der Waals surface area contributed by atoms with E-state index in [1.807, 2.05) is 30.3 Å². The van der Waals surface area contributed by atoms with E-state index in [4.69, 9.17) is 9.15 Å². The summed E-state index contributed by atoms with van der Waals surface area (Å²) in [7, 11) is 0. The van der Waals surface area contributed by atoms with E-state index in [0.29, 0.717) is 24.2 Å². The molecule has 3 unspecified atom stereocenters. The number of benzene rings is 1. The zero-order valence-electron chi connectivity index (χ0n) is 14.3. The van der Waals surface area contributed by atoms with Gasteiger partial charge < -0.3 is 14.5 Å². The van der Waals surface area contributed by atoms with Crippen molar-refractivity contribution in [2.75, 3.05) is 0 Å². The third kappa shape index (κ3) is 3.81. The summed E-state index contributed by atoms with van der Waals surface area (Å²) in [5.74, 6) is 2.12. The van der Waals surface area contributed by atoms with Gasteiger partial charge in [-0.1, -0.05) is 44.9 Å². The lowest BCUT2D eigenvalue weighted by molar-refractivity contribution is 0.0859. The Hall–Kier alpha value is -2.23. The predicted molar refractivity (Wildman–Crippen MR) is 92.9 cm³/mol. The number of carbonyl (C=O) groups excluding carboxylic acids is 1. The van der Waals surface area contributed by atoms with Crippen LogP contribution in [0, 0.1) is 11.8 Å². The smallest absolute Gasteiger partial charge is 0.287 e. The molecule has 3 rings (SSSR count). The molecule has 4 heteroatoms. The Balaban J connectivity index is 1.62. The summed E-state index contributed by atoms with van der Waals surface area (Å²) in [6.07, 6.45) is 4.99. The number of nitrogens with one attached hydrogen (secondary N) is 1. The van der Waals surface area contributed by atoms with Crippen molar-refractivity contribution in [3.63, 3.8) is 0 Å². The minimum Gasteiger partial charge on any atom is -0.489 e. The average Bonchev–Trinajstić information content (AvgIpc) is 3.07. The number of hydrogen-bond acceptors (Lipinski definition) is 3. The molecule has 1 N–H and O–H groups in total. The van der Waals surface area contributed by atoms with Crippen molar-refractivity contribution in [2.24, 2.45) is 11.8 Å². The maximum Gasteiger partial charge on any atom is 0.287 e. The third-order valence-corrected chi connectivity index (χ3v) is 5.11. The molecular weight excluding hydrogens is 302 g/mol. The lowest BCUT2D eigenvalue weighted by Gasteiger charge is -2.34. The zero-order chi connectivity index (χ0) is 16.9. The Morgan fingerprint density at radius 1 is 1.21 bits per heavy atom. The topological polar surface area (TPSA) is 51.5 Å². The van der Waals surface area contributed by atoms with E-state index in [9.17, 15) is 4.79 Å². The maximum atomic E-state index is 12.6. The highest BCUT2D eigenvalue weighted by molar-refractivity contribution is 5.93. The van der Waals surface area contributed by atoms with Crippen LogP contribution < -0.4 is 10.1 Å². The SMILES string of the molecule is CC1CCCC(NC(=O)c2occc2COc2ccccc2)C1C.